The molecule has 92 heavy (non-hydrogen) atoms. The molecule has 3 saturated heterocycles. The van der Waals surface area contributed by atoms with Crippen molar-refractivity contribution < 1.29 is 89.4 Å². The van der Waals surface area contributed by atoms with Gasteiger partial charge in [0, 0.05) is 6.42 Å². The molecular weight excluding hydrogens is 1180 g/mol. The third kappa shape index (κ3) is 35.7. The monoisotopic (exact) mass is 1310 g/mol. The molecule has 1 amide bonds. The lowest BCUT2D eigenvalue weighted by Crippen LogP contribution is -2.66. The van der Waals surface area contributed by atoms with Gasteiger partial charge in [0.2, 0.25) is 5.91 Å². The van der Waals surface area contributed by atoms with Gasteiger partial charge in [-0.2, -0.15) is 0 Å². The third-order valence-electron chi connectivity index (χ3n) is 18.1. The molecule has 0 bridgehead atoms. The van der Waals surface area contributed by atoms with Crippen LogP contribution in [-0.2, 0) is 33.2 Å². The lowest BCUT2D eigenvalue weighted by molar-refractivity contribution is -0.379. The maximum atomic E-state index is 13.4. The first-order valence-electron chi connectivity index (χ1n) is 36.5. The van der Waals surface area contributed by atoms with Gasteiger partial charge in [-0.3, -0.25) is 4.79 Å². The highest BCUT2D eigenvalue weighted by Crippen LogP contribution is 2.33. The number of allylic oxidation sites excluding steroid dienone is 9. The van der Waals surface area contributed by atoms with Crippen LogP contribution in [0.4, 0.5) is 0 Å². The van der Waals surface area contributed by atoms with Crippen LogP contribution in [0.2, 0.25) is 0 Å². The summed E-state index contributed by atoms with van der Waals surface area (Å²) in [6.45, 7) is 1.60. The number of unbranched alkanes of at least 4 members (excludes halogenated alkanes) is 32. The lowest BCUT2D eigenvalue weighted by Gasteiger charge is -2.48. The van der Waals surface area contributed by atoms with Crippen molar-refractivity contribution in [2.45, 2.75) is 369 Å². The second kappa shape index (κ2) is 54.5. The highest BCUT2D eigenvalue weighted by atomic mass is 16.8. The summed E-state index contributed by atoms with van der Waals surface area (Å²) in [7, 11) is 0. The first-order valence-corrected chi connectivity index (χ1v) is 36.5. The Hall–Kier alpha value is -2.51. The fourth-order valence-electron chi connectivity index (χ4n) is 12.2. The van der Waals surface area contributed by atoms with Gasteiger partial charge in [-0.1, -0.05) is 261 Å². The normalized spacial score (nSPS) is 28.0. The quantitative estimate of drug-likeness (QED) is 0.0199. The number of nitrogens with one attached hydrogen (secondary N) is 1. The first kappa shape index (κ1) is 83.7. The summed E-state index contributed by atoms with van der Waals surface area (Å²) in [4.78, 5) is 13.4. The van der Waals surface area contributed by atoms with Gasteiger partial charge in [0.15, 0.2) is 18.9 Å². The molecule has 0 saturated carbocycles. The van der Waals surface area contributed by atoms with E-state index in [4.69, 9.17) is 28.4 Å². The van der Waals surface area contributed by atoms with Gasteiger partial charge in [0.25, 0.3) is 0 Å². The van der Waals surface area contributed by atoms with E-state index in [-0.39, 0.29) is 18.9 Å². The molecule has 0 spiro atoms. The Morgan fingerprint density at radius 2 is 0.750 bits per heavy atom. The predicted octanol–water partition coefficient (Wildman–Crippen LogP) is 10.3. The highest BCUT2D eigenvalue weighted by molar-refractivity contribution is 5.76. The minimum Gasteiger partial charge on any atom is -0.394 e. The molecule has 536 valence electrons. The van der Waals surface area contributed by atoms with Crippen LogP contribution in [0.5, 0.6) is 0 Å². The van der Waals surface area contributed by atoms with Gasteiger partial charge in [0.05, 0.1) is 38.6 Å². The molecule has 3 aliphatic rings. The van der Waals surface area contributed by atoms with Crippen molar-refractivity contribution in [3.8, 4) is 0 Å². The summed E-state index contributed by atoms with van der Waals surface area (Å²) < 4.78 is 34.3. The second-order valence-corrected chi connectivity index (χ2v) is 26.0. The zero-order valence-corrected chi connectivity index (χ0v) is 56.8. The van der Waals surface area contributed by atoms with Crippen LogP contribution in [0, 0.1) is 0 Å². The van der Waals surface area contributed by atoms with Crippen LogP contribution in [-0.4, -0.2) is 193 Å². The average molecular weight is 1310 g/mol. The second-order valence-electron chi connectivity index (χ2n) is 26.0. The smallest absolute Gasteiger partial charge is 0.220 e. The zero-order valence-electron chi connectivity index (χ0n) is 56.8. The molecule has 0 aromatic heterocycles. The summed E-state index contributed by atoms with van der Waals surface area (Å²) in [5, 5.41) is 120. The van der Waals surface area contributed by atoms with E-state index in [0.29, 0.717) is 6.42 Å². The third-order valence-corrected chi connectivity index (χ3v) is 18.1. The molecule has 17 unspecified atom stereocenters. The van der Waals surface area contributed by atoms with Crippen molar-refractivity contribution in [1.29, 1.82) is 0 Å². The Labute approximate surface area is 554 Å². The fraction of sp³-hybridized carbons (Fsp3) is 0.849. The van der Waals surface area contributed by atoms with Gasteiger partial charge in [-0.25, -0.2) is 0 Å². The van der Waals surface area contributed by atoms with Crippen molar-refractivity contribution in [2.24, 2.45) is 0 Å². The number of aliphatic hydroxyl groups is 11. The summed E-state index contributed by atoms with van der Waals surface area (Å²) in [6, 6.07) is -0.971. The number of carbonyl (C=O) groups is 1. The molecule has 0 aliphatic carbocycles. The highest BCUT2D eigenvalue weighted by Gasteiger charge is 2.53. The van der Waals surface area contributed by atoms with Crippen LogP contribution >= 0.6 is 0 Å². The minimum absolute atomic E-state index is 0.245. The molecule has 17 atom stereocenters. The number of rotatable bonds is 56. The van der Waals surface area contributed by atoms with E-state index in [0.717, 1.165) is 70.6 Å². The Balaban J connectivity index is 1.28. The molecule has 19 nitrogen and oxygen atoms in total. The van der Waals surface area contributed by atoms with Gasteiger partial charge >= 0.3 is 0 Å². The topological polar surface area (TPSA) is 307 Å². The van der Waals surface area contributed by atoms with Crippen LogP contribution in [0.3, 0.4) is 0 Å². The van der Waals surface area contributed by atoms with Crippen molar-refractivity contribution in [1.82, 2.24) is 5.32 Å². The molecule has 0 aromatic rings. The minimum atomic E-state index is -1.98. The van der Waals surface area contributed by atoms with Crippen LogP contribution in [0.25, 0.3) is 0 Å². The molecule has 19 heteroatoms. The molecular formula is C73H131NO18. The Morgan fingerprint density at radius 1 is 0.402 bits per heavy atom. The van der Waals surface area contributed by atoms with Gasteiger partial charge in [0.1, 0.15) is 73.2 Å². The molecule has 0 aromatic carbocycles. The number of amides is 1. The number of carbonyl (C=O) groups excluding carboxylic acids is 1. The van der Waals surface area contributed by atoms with E-state index in [9.17, 15) is 61.0 Å². The van der Waals surface area contributed by atoms with Gasteiger partial charge in [-0.05, 0) is 57.8 Å². The maximum absolute atomic E-state index is 13.4. The van der Waals surface area contributed by atoms with Crippen LogP contribution in [0.1, 0.15) is 264 Å². The van der Waals surface area contributed by atoms with Crippen molar-refractivity contribution in [3.05, 3.63) is 60.8 Å². The van der Waals surface area contributed by atoms with E-state index in [1.165, 1.54) is 167 Å². The average Bonchev–Trinajstić information content (AvgIpc) is 0.799. The summed E-state index contributed by atoms with van der Waals surface area (Å²) in [6.07, 6.45) is 41.1. The summed E-state index contributed by atoms with van der Waals surface area (Å²) in [5.74, 6) is -0.275. The Kier molecular flexibility index (Phi) is 49.6. The van der Waals surface area contributed by atoms with E-state index in [2.05, 4.69) is 67.8 Å². The van der Waals surface area contributed by atoms with E-state index >= 15 is 0 Å². The Bertz CT molecular complexity index is 1900. The Morgan fingerprint density at radius 3 is 1.17 bits per heavy atom. The summed E-state index contributed by atoms with van der Waals surface area (Å²) in [5.41, 5.74) is 0. The molecule has 3 heterocycles. The number of hydrogen-bond donors (Lipinski definition) is 12. The number of hydrogen-bond acceptors (Lipinski definition) is 18. The zero-order chi connectivity index (χ0) is 66.8. The predicted molar refractivity (Wildman–Crippen MR) is 360 cm³/mol. The maximum Gasteiger partial charge on any atom is 0.220 e. The van der Waals surface area contributed by atoms with E-state index in [1.54, 1.807) is 6.08 Å². The number of aliphatic hydroxyl groups excluding tert-OH is 11. The SMILES string of the molecule is CC/C=C\C/C=C\C/C=C\C/C=C\CCCCCCCCCCCCCCCCCCCCCCCCCCC(=O)NC(COC1OC(CO)C(OC2OC(CO)C(OC3OC(CO)C(O)C(O)C3O)C(O)C2O)C(O)C1O)C(O)/C=C/CCCCCCCCCC. The molecule has 3 fully saturated rings. The number of ether oxygens (including phenoxy) is 6. The molecule has 12 N–H and O–H groups in total. The fourth-order valence-corrected chi connectivity index (χ4v) is 12.2. The molecule has 3 aliphatic heterocycles. The first-order chi connectivity index (χ1) is 44.8. The van der Waals surface area contributed by atoms with Crippen molar-refractivity contribution >= 4 is 5.91 Å². The van der Waals surface area contributed by atoms with Crippen molar-refractivity contribution in [2.75, 3.05) is 26.4 Å². The lowest BCUT2D eigenvalue weighted by atomic mass is 9.96. The summed E-state index contributed by atoms with van der Waals surface area (Å²) >= 11 is 0. The van der Waals surface area contributed by atoms with E-state index < -0.39 is 124 Å². The largest absolute Gasteiger partial charge is 0.394 e. The van der Waals surface area contributed by atoms with Crippen LogP contribution < -0.4 is 5.32 Å². The van der Waals surface area contributed by atoms with Crippen molar-refractivity contribution in [3.63, 3.8) is 0 Å². The molecule has 3 rings (SSSR count). The van der Waals surface area contributed by atoms with Gasteiger partial charge < -0.3 is 89.9 Å². The standard InChI is InChI=1S/C73H131NO18/c1-3-5-7-9-11-13-15-16-17-18-19-20-21-22-23-24-25-26-27-28-29-30-31-32-33-34-35-36-37-38-39-40-41-43-45-47-49-51-61(79)74-56(57(78)50-48-46-44-42-14-12-10-8-6-4-2)55-87-71-67(85)64(82)69(59(53-76)89-71)92-73-68(86)65(83)70(60(54-77)90-73)91-72-66(84)63(81)62(80)58(52-75)88-72/h5,7,11,13,16-17,19-20,48,50,56-60,62-73,75-78,80-86H,3-4,6,8-10,12,14-15,18,21-47,49,51-55H2,1-2H3,(H,74,79)/b7-5-,13-11-,17-16-,20-19-,50-48+. The molecule has 0 radical (unpaired) electrons. The van der Waals surface area contributed by atoms with E-state index in [1.807, 2.05) is 6.08 Å². The van der Waals surface area contributed by atoms with Crippen LogP contribution in [0.15, 0.2) is 60.8 Å². The van der Waals surface area contributed by atoms with Gasteiger partial charge in [-0.15, -0.1) is 0 Å².